The third-order valence-corrected chi connectivity index (χ3v) is 7.05. The van der Waals surface area contributed by atoms with Crippen LogP contribution in [-0.2, 0) is 18.3 Å². The predicted molar refractivity (Wildman–Crippen MR) is 136 cm³/mol. The van der Waals surface area contributed by atoms with E-state index in [2.05, 4.69) is 64.4 Å². The number of aryl methyl sites for hydroxylation is 2. The van der Waals surface area contributed by atoms with Crippen LogP contribution >= 0.6 is 0 Å². The Hall–Kier alpha value is -2.75. The van der Waals surface area contributed by atoms with Crippen molar-refractivity contribution in [2.75, 3.05) is 55.7 Å². The van der Waals surface area contributed by atoms with Crippen molar-refractivity contribution in [3.63, 3.8) is 0 Å². The molecular formula is C25H36N8O. The molecule has 5 rings (SSSR count). The highest BCUT2D eigenvalue weighted by Crippen LogP contribution is 2.32. The molecule has 0 saturated carbocycles. The number of piperidine rings is 1. The van der Waals surface area contributed by atoms with Crippen molar-refractivity contribution >= 4 is 28.6 Å². The van der Waals surface area contributed by atoms with Crippen LogP contribution in [0.1, 0.15) is 31.2 Å². The zero-order valence-corrected chi connectivity index (χ0v) is 20.6. The van der Waals surface area contributed by atoms with Crippen molar-refractivity contribution in [2.45, 2.75) is 39.3 Å². The summed E-state index contributed by atoms with van der Waals surface area (Å²) in [6.45, 7) is 10.9. The second-order valence-electron chi connectivity index (χ2n) is 9.35. The molecule has 4 heterocycles. The number of ether oxygens (including phenoxy) is 1. The normalized spacial score (nSPS) is 18.1. The molecule has 2 saturated heterocycles. The number of benzene rings is 1. The summed E-state index contributed by atoms with van der Waals surface area (Å²) in [6, 6.07) is 8.72. The minimum Gasteiger partial charge on any atom is -0.378 e. The van der Waals surface area contributed by atoms with Crippen molar-refractivity contribution in [2.24, 2.45) is 12.8 Å². The highest BCUT2D eigenvalue weighted by atomic mass is 16.5. The molecular weight excluding hydrogens is 428 g/mol. The Morgan fingerprint density at radius 2 is 1.79 bits per heavy atom. The van der Waals surface area contributed by atoms with Crippen LogP contribution in [0, 0.1) is 6.92 Å². The monoisotopic (exact) mass is 464 g/mol. The first-order valence-corrected chi connectivity index (χ1v) is 12.4. The molecule has 2 aliphatic rings. The Balaban J connectivity index is 1.58. The van der Waals surface area contributed by atoms with Gasteiger partial charge in [0, 0.05) is 51.5 Å². The number of fused-ring (bicyclic) bond motifs is 1. The fraction of sp³-hybridized carbons (Fsp3) is 0.560. The number of anilines is 3. The van der Waals surface area contributed by atoms with E-state index in [1.807, 2.05) is 0 Å². The molecule has 0 aliphatic carbocycles. The van der Waals surface area contributed by atoms with E-state index < -0.39 is 0 Å². The van der Waals surface area contributed by atoms with Gasteiger partial charge in [0.2, 0.25) is 5.95 Å². The van der Waals surface area contributed by atoms with Crippen LogP contribution in [0.3, 0.4) is 0 Å². The van der Waals surface area contributed by atoms with Crippen LogP contribution < -0.4 is 15.5 Å². The standard InChI is InChI=1S/C25H36N8O/c1-4-33(20-8-6-5-7-18(20)2)25-28-23-22(24(29-25)32-13-15-34-16-14-32)27-21(30(23)3)17-31-11-9-19(26)10-12-31/h5-8,19H,4,9-17,26H2,1-3H3. The van der Waals surface area contributed by atoms with Crippen molar-refractivity contribution in [1.82, 2.24) is 24.4 Å². The van der Waals surface area contributed by atoms with Crippen molar-refractivity contribution < 1.29 is 4.74 Å². The van der Waals surface area contributed by atoms with Gasteiger partial charge in [-0.1, -0.05) is 18.2 Å². The summed E-state index contributed by atoms with van der Waals surface area (Å²) in [4.78, 5) is 22.2. The van der Waals surface area contributed by atoms with E-state index in [9.17, 15) is 0 Å². The van der Waals surface area contributed by atoms with E-state index in [4.69, 9.17) is 25.4 Å². The number of nitrogens with two attached hydrogens (primary N) is 1. The number of hydrogen-bond acceptors (Lipinski definition) is 8. The summed E-state index contributed by atoms with van der Waals surface area (Å²) < 4.78 is 7.76. The topological polar surface area (TPSA) is 88.6 Å². The average molecular weight is 465 g/mol. The molecule has 9 heteroatoms. The van der Waals surface area contributed by atoms with Gasteiger partial charge in [0.05, 0.1) is 19.8 Å². The summed E-state index contributed by atoms with van der Waals surface area (Å²) in [6.07, 6.45) is 2.07. The molecule has 34 heavy (non-hydrogen) atoms. The number of para-hydroxylation sites is 1. The first-order chi connectivity index (χ1) is 16.5. The van der Waals surface area contributed by atoms with Crippen LogP contribution in [0.5, 0.6) is 0 Å². The maximum absolute atomic E-state index is 6.11. The van der Waals surface area contributed by atoms with Crippen LogP contribution in [-0.4, -0.2) is 76.4 Å². The first kappa shape index (κ1) is 23.0. The Bertz CT molecular complexity index is 1130. The quantitative estimate of drug-likeness (QED) is 0.596. The van der Waals surface area contributed by atoms with Crippen molar-refractivity contribution in [3.05, 3.63) is 35.7 Å². The third kappa shape index (κ3) is 4.47. The molecule has 2 aromatic heterocycles. The summed E-state index contributed by atoms with van der Waals surface area (Å²) >= 11 is 0. The highest BCUT2D eigenvalue weighted by molar-refractivity contribution is 5.86. The lowest BCUT2D eigenvalue weighted by atomic mass is 10.1. The van der Waals surface area contributed by atoms with E-state index in [0.29, 0.717) is 25.2 Å². The van der Waals surface area contributed by atoms with Gasteiger partial charge in [-0.3, -0.25) is 4.90 Å². The van der Waals surface area contributed by atoms with E-state index >= 15 is 0 Å². The lowest BCUT2D eigenvalue weighted by molar-refractivity contribution is 0.122. The van der Waals surface area contributed by atoms with Crippen LogP contribution in [0.2, 0.25) is 0 Å². The fourth-order valence-corrected chi connectivity index (χ4v) is 4.94. The van der Waals surface area contributed by atoms with Gasteiger partial charge < -0.3 is 24.8 Å². The zero-order chi connectivity index (χ0) is 23.7. The van der Waals surface area contributed by atoms with Gasteiger partial charge in [-0.25, -0.2) is 4.98 Å². The minimum absolute atomic E-state index is 0.319. The van der Waals surface area contributed by atoms with Gasteiger partial charge in [0.1, 0.15) is 5.82 Å². The molecule has 0 unspecified atom stereocenters. The zero-order valence-electron chi connectivity index (χ0n) is 20.6. The number of morpholine rings is 1. The van der Waals surface area contributed by atoms with Gasteiger partial charge in [-0.15, -0.1) is 0 Å². The molecule has 0 bridgehead atoms. The summed E-state index contributed by atoms with van der Waals surface area (Å²) in [5.41, 5.74) is 10.2. The molecule has 0 amide bonds. The summed E-state index contributed by atoms with van der Waals surface area (Å²) in [5, 5.41) is 0. The van der Waals surface area contributed by atoms with Crippen LogP contribution in [0.25, 0.3) is 11.2 Å². The number of rotatable bonds is 6. The van der Waals surface area contributed by atoms with E-state index in [1.165, 1.54) is 5.56 Å². The largest absolute Gasteiger partial charge is 0.378 e. The molecule has 2 fully saturated rings. The molecule has 0 radical (unpaired) electrons. The van der Waals surface area contributed by atoms with Gasteiger partial charge in [0.15, 0.2) is 17.0 Å². The predicted octanol–water partition coefficient (Wildman–Crippen LogP) is 2.59. The molecule has 1 aromatic carbocycles. The van der Waals surface area contributed by atoms with E-state index in [-0.39, 0.29) is 0 Å². The molecule has 9 nitrogen and oxygen atoms in total. The Morgan fingerprint density at radius 1 is 1.06 bits per heavy atom. The number of nitrogens with zero attached hydrogens (tertiary/aromatic N) is 7. The smallest absolute Gasteiger partial charge is 0.234 e. The number of likely N-dealkylation sites (tertiary alicyclic amines) is 1. The number of hydrogen-bond donors (Lipinski definition) is 1. The average Bonchev–Trinajstić information content (AvgIpc) is 3.17. The maximum Gasteiger partial charge on any atom is 0.234 e. The second kappa shape index (κ2) is 9.85. The summed E-state index contributed by atoms with van der Waals surface area (Å²) in [5.74, 6) is 2.63. The Kier molecular flexibility index (Phi) is 6.67. The molecule has 2 N–H and O–H groups in total. The second-order valence-corrected chi connectivity index (χ2v) is 9.35. The number of aromatic nitrogens is 4. The Labute approximate surface area is 201 Å². The van der Waals surface area contributed by atoms with Gasteiger partial charge in [-0.05, 0) is 38.3 Å². The van der Waals surface area contributed by atoms with Gasteiger partial charge in [-0.2, -0.15) is 9.97 Å². The molecule has 0 spiro atoms. The molecule has 0 atom stereocenters. The lowest BCUT2D eigenvalue weighted by Gasteiger charge is -2.29. The van der Waals surface area contributed by atoms with Crippen LogP contribution in [0.4, 0.5) is 17.5 Å². The van der Waals surface area contributed by atoms with E-state index in [0.717, 1.165) is 80.6 Å². The summed E-state index contributed by atoms with van der Waals surface area (Å²) in [7, 11) is 2.07. The number of imidazole rings is 1. The third-order valence-electron chi connectivity index (χ3n) is 7.05. The molecule has 2 aliphatic heterocycles. The maximum atomic E-state index is 6.11. The van der Waals surface area contributed by atoms with Gasteiger partial charge >= 0.3 is 0 Å². The molecule has 182 valence electrons. The van der Waals surface area contributed by atoms with Crippen LogP contribution in [0.15, 0.2) is 24.3 Å². The Morgan fingerprint density at radius 3 is 2.50 bits per heavy atom. The fourth-order valence-electron chi connectivity index (χ4n) is 4.94. The minimum atomic E-state index is 0.319. The lowest BCUT2D eigenvalue weighted by Crippen LogP contribution is -2.39. The van der Waals surface area contributed by atoms with Crippen molar-refractivity contribution in [1.29, 1.82) is 0 Å². The van der Waals surface area contributed by atoms with Crippen molar-refractivity contribution in [3.8, 4) is 0 Å². The SMILES string of the molecule is CCN(c1nc(N2CCOCC2)c2nc(CN3CCC(N)CC3)n(C)c2n1)c1ccccc1C. The molecule has 3 aromatic rings. The highest BCUT2D eigenvalue weighted by Gasteiger charge is 2.25. The van der Waals surface area contributed by atoms with E-state index in [1.54, 1.807) is 0 Å². The first-order valence-electron chi connectivity index (χ1n) is 12.4. The van der Waals surface area contributed by atoms with Gasteiger partial charge in [0.25, 0.3) is 0 Å².